The van der Waals surface area contributed by atoms with Crippen molar-refractivity contribution in [3.8, 4) is 5.75 Å². The second-order valence-electron chi connectivity index (χ2n) is 7.93. The molecule has 3 heteroatoms. The largest absolute Gasteiger partial charge is 0.507 e. The van der Waals surface area contributed by atoms with E-state index in [9.17, 15) is 5.11 Å². The lowest BCUT2D eigenvalue weighted by molar-refractivity contribution is 0.279. The van der Waals surface area contributed by atoms with Gasteiger partial charge in [0.25, 0.3) is 0 Å². The van der Waals surface area contributed by atoms with Crippen LogP contribution in [0.25, 0.3) is 0 Å². The van der Waals surface area contributed by atoms with Gasteiger partial charge in [0, 0.05) is 18.2 Å². The molecule has 0 amide bonds. The van der Waals surface area contributed by atoms with Gasteiger partial charge < -0.3 is 15.9 Å². The third-order valence-corrected chi connectivity index (χ3v) is 3.89. The van der Waals surface area contributed by atoms with Crippen LogP contribution in [0.2, 0.25) is 0 Å². The molecule has 0 unspecified atom stereocenters. The van der Waals surface area contributed by atoms with Crippen LogP contribution in [0.1, 0.15) is 77.1 Å². The van der Waals surface area contributed by atoms with Crippen molar-refractivity contribution in [1.82, 2.24) is 0 Å². The summed E-state index contributed by atoms with van der Waals surface area (Å²) in [4.78, 5) is 0. The Morgan fingerprint density at radius 3 is 2.05 bits per heavy atom. The van der Waals surface area contributed by atoms with Crippen LogP contribution in [0.15, 0.2) is 12.1 Å². The first kappa shape index (κ1) is 18.0. The fourth-order valence-corrected chi connectivity index (χ4v) is 2.41. The molecule has 1 aromatic rings. The first-order chi connectivity index (χ1) is 9.48. The van der Waals surface area contributed by atoms with Gasteiger partial charge in [0.15, 0.2) is 0 Å². The minimum absolute atomic E-state index is 0.000845. The molecule has 0 spiro atoms. The maximum atomic E-state index is 10.6. The van der Waals surface area contributed by atoms with Gasteiger partial charge in [0.2, 0.25) is 0 Å². The molecule has 1 rings (SSSR count). The van der Waals surface area contributed by atoms with Crippen molar-refractivity contribution in [1.29, 1.82) is 0 Å². The summed E-state index contributed by atoms with van der Waals surface area (Å²) < 4.78 is 0. The van der Waals surface area contributed by atoms with Gasteiger partial charge in [-0.1, -0.05) is 47.6 Å². The van der Waals surface area contributed by atoms with Gasteiger partial charge in [-0.25, -0.2) is 0 Å². The maximum absolute atomic E-state index is 10.6. The van der Waals surface area contributed by atoms with Crippen molar-refractivity contribution >= 4 is 0 Å². The number of aromatic hydroxyl groups is 1. The molecular weight excluding hydrogens is 262 g/mol. The van der Waals surface area contributed by atoms with Gasteiger partial charge in [0.05, 0.1) is 0 Å². The molecule has 0 saturated carbocycles. The van der Waals surface area contributed by atoms with E-state index in [-0.39, 0.29) is 23.5 Å². The number of hydrogen-bond donors (Lipinski definition) is 3. The molecule has 0 saturated heterocycles. The van der Waals surface area contributed by atoms with Crippen LogP contribution in [-0.2, 0) is 10.8 Å². The average molecular weight is 293 g/mol. The SMILES string of the molecule is CC(C)(C)c1cc([C@H](N)CCCO)c(O)c(C(C)(C)C)c1. The van der Waals surface area contributed by atoms with E-state index in [4.69, 9.17) is 10.8 Å². The zero-order chi connectivity index (χ0) is 16.4. The second-order valence-corrected chi connectivity index (χ2v) is 7.93. The molecule has 0 aromatic heterocycles. The minimum atomic E-state index is -0.249. The molecule has 0 aliphatic rings. The van der Waals surface area contributed by atoms with Crippen molar-refractivity contribution in [3.05, 3.63) is 28.8 Å². The van der Waals surface area contributed by atoms with Gasteiger partial charge in [-0.2, -0.15) is 0 Å². The number of benzene rings is 1. The number of phenols is 1. The van der Waals surface area contributed by atoms with Crippen molar-refractivity contribution in [2.75, 3.05) is 6.61 Å². The lowest BCUT2D eigenvalue weighted by Crippen LogP contribution is -2.20. The molecule has 4 N–H and O–H groups in total. The fraction of sp³-hybridized carbons (Fsp3) is 0.667. The van der Waals surface area contributed by atoms with Crippen molar-refractivity contribution < 1.29 is 10.2 Å². The van der Waals surface area contributed by atoms with Crippen molar-refractivity contribution in [2.24, 2.45) is 5.73 Å². The van der Waals surface area contributed by atoms with Crippen LogP contribution in [-0.4, -0.2) is 16.8 Å². The Labute approximate surface area is 129 Å². The normalized spacial score (nSPS) is 14.3. The molecule has 3 nitrogen and oxygen atoms in total. The van der Waals surface area contributed by atoms with Crippen LogP contribution in [0, 0.1) is 0 Å². The number of rotatable bonds is 4. The van der Waals surface area contributed by atoms with Crippen LogP contribution < -0.4 is 5.73 Å². The summed E-state index contributed by atoms with van der Waals surface area (Å²) >= 11 is 0. The Kier molecular flexibility index (Phi) is 5.46. The monoisotopic (exact) mass is 293 g/mol. The molecule has 0 aliphatic carbocycles. The molecule has 0 fully saturated rings. The number of aliphatic hydroxyl groups is 1. The summed E-state index contributed by atoms with van der Waals surface area (Å²) in [5, 5.41) is 19.6. The summed E-state index contributed by atoms with van der Waals surface area (Å²) in [6.45, 7) is 12.9. The Morgan fingerprint density at radius 2 is 1.62 bits per heavy atom. The molecule has 21 heavy (non-hydrogen) atoms. The molecule has 1 aromatic carbocycles. The van der Waals surface area contributed by atoms with Crippen LogP contribution in [0.3, 0.4) is 0 Å². The summed E-state index contributed by atoms with van der Waals surface area (Å²) in [6, 6.07) is 3.87. The van der Waals surface area contributed by atoms with Gasteiger partial charge >= 0.3 is 0 Å². The standard InChI is InChI=1S/C18H31NO2/c1-17(2,3)12-10-13(15(19)8-7-9-20)16(21)14(11-12)18(4,5)6/h10-11,15,20-21H,7-9,19H2,1-6H3/t15-/m1/s1. The van der Waals surface area contributed by atoms with Crippen LogP contribution in [0.5, 0.6) is 5.75 Å². The van der Waals surface area contributed by atoms with E-state index < -0.39 is 0 Å². The first-order valence-corrected chi connectivity index (χ1v) is 7.72. The fourth-order valence-electron chi connectivity index (χ4n) is 2.41. The molecule has 120 valence electrons. The highest BCUT2D eigenvalue weighted by Gasteiger charge is 2.26. The number of hydrogen-bond acceptors (Lipinski definition) is 3. The molecule has 0 aliphatic heterocycles. The predicted molar refractivity (Wildman–Crippen MR) is 88.8 cm³/mol. The van der Waals surface area contributed by atoms with E-state index in [2.05, 4.69) is 47.6 Å². The lowest BCUT2D eigenvalue weighted by Gasteiger charge is -2.29. The van der Waals surface area contributed by atoms with E-state index in [1.807, 2.05) is 6.07 Å². The minimum Gasteiger partial charge on any atom is -0.507 e. The van der Waals surface area contributed by atoms with Gasteiger partial charge in [-0.15, -0.1) is 0 Å². The second kappa shape index (κ2) is 6.37. The van der Waals surface area contributed by atoms with Gasteiger partial charge in [0.1, 0.15) is 5.75 Å². The van der Waals surface area contributed by atoms with E-state index in [1.165, 1.54) is 5.56 Å². The Balaban J connectivity index is 3.42. The third kappa shape index (κ3) is 4.45. The quantitative estimate of drug-likeness (QED) is 0.792. The highest BCUT2D eigenvalue weighted by atomic mass is 16.3. The molecule has 1 atom stereocenters. The zero-order valence-electron chi connectivity index (χ0n) is 14.3. The Bertz CT molecular complexity index is 481. The maximum Gasteiger partial charge on any atom is 0.124 e. The lowest BCUT2D eigenvalue weighted by atomic mass is 9.78. The number of phenolic OH excluding ortho intramolecular Hbond substituents is 1. The average Bonchev–Trinajstić information content (AvgIpc) is 2.33. The van der Waals surface area contributed by atoms with Crippen molar-refractivity contribution in [3.63, 3.8) is 0 Å². The summed E-state index contributed by atoms with van der Waals surface area (Å²) in [7, 11) is 0. The topological polar surface area (TPSA) is 66.5 Å². The summed E-state index contributed by atoms with van der Waals surface area (Å²) in [6.07, 6.45) is 1.31. The van der Waals surface area contributed by atoms with Gasteiger partial charge in [-0.3, -0.25) is 0 Å². The van der Waals surface area contributed by atoms with Crippen LogP contribution >= 0.6 is 0 Å². The van der Waals surface area contributed by atoms with Crippen LogP contribution in [0.4, 0.5) is 0 Å². The summed E-state index contributed by atoms with van der Waals surface area (Å²) in [5.74, 6) is 0.306. The molecule has 0 radical (unpaired) electrons. The Morgan fingerprint density at radius 1 is 1.05 bits per heavy atom. The van der Waals surface area contributed by atoms with Gasteiger partial charge in [-0.05, 0) is 40.9 Å². The van der Waals surface area contributed by atoms with E-state index in [1.54, 1.807) is 0 Å². The molecule has 0 bridgehead atoms. The predicted octanol–water partition coefficient (Wildman–Crippen LogP) is 3.76. The number of aliphatic hydroxyl groups excluding tert-OH is 1. The zero-order valence-corrected chi connectivity index (χ0v) is 14.3. The van der Waals surface area contributed by atoms with E-state index in [0.717, 1.165) is 11.1 Å². The first-order valence-electron chi connectivity index (χ1n) is 7.72. The van der Waals surface area contributed by atoms with Crippen molar-refractivity contribution in [2.45, 2.75) is 71.3 Å². The third-order valence-electron chi connectivity index (χ3n) is 3.89. The smallest absolute Gasteiger partial charge is 0.124 e. The molecular formula is C18H31NO2. The molecule has 0 heterocycles. The highest BCUT2D eigenvalue weighted by Crippen LogP contribution is 2.40. The summed E-state index contributed by atoms with van der Waals surface area (Å²) in [5.41, 5.74) is 9.00. The Hall–Kier alpha value is -1.06. The highest BCUT2D eigenvalue weighted by molar-refractivity contribution is 5.49. The van der Waals surface area contributed by atoms with E-state index >= 15 is 0 Å². The van der Waals surface area contributed by atoms with E-state index in [0.29, 0.717) is 18.6 Å². The number of nitrogens with two attached hydrogens (primary N) is 1.